The number of nitrogens with one attached hydrogen (secondary N) is 1. The van der Waals surface area contributed by atoms with E-state index in [4.69, 9.17) is 11.1 Å². The highest BCUT2D eigenvalue weighted by molar-refractivity contribution is 5.77. The van der Waals surface area contributed by atoms with E-state index in [9.17, 15) is 0 Å². The number of hydrogen-bond acceptors (Lipinski definition) is 2. The molecule has 0 atom stereocenters. The van der Waals surface area contributed by atoms with Crippen LogP contribution in [-0.4, -0.2) is 18.9 Å². The summed E-state index contributed by atoms with van der Waals surface area (Å²) < 4.78 is 0. The number of benzene rings is 1. The first-order valence-corrected chi connectivity index (χ1v) is 8.37. The predicted molar refractivity (Wildman–Crippen MR) is 93.2 cm³/mol. The molecule has 0 saturated heterocycles. The minimum absolute atomic E-state index is 0.274. The molecule has 0 aliphatic carbocycles. The molecule has 0 radical (unpaired) electrons. The Morgan fingerprint density at radius 1 is 0.952 bits per heavy atom. The summed E-state index contributed by atoms with van der Waals surface area (Å²) in [6, 6.07) is 10.5. The van der Waals surface area contributed by atoms with Crippen LogP contribution >= 0.6 is 0 Å². The lowest BCUT2D eigenvalue weighted by molar-refractivity contribution is 0.584. The summed E-state index contributed by atoms with van der Waals surface area (Å²) in [4.78, 5) is 2.35. The fourth-order valence-corrected chi connectivity index (χ4v) is 2.52. The van der Waals surface area contributed by atoms with Gasteiger partial charge in [0.2, 0.25) is 0 Å². The molecule has 1 rings (SSSR count). The molecule has 3 heteroatoms. The first-order chi connectivity index (χ1) is 10.2. The van der Waals surface area contributed by atoms with Gasteiger partial charge in [-0.15, -0.1) is 0 Å². The normalized spacial score (nSPS) is 10.5. The molecule has 3 N–H and O–H groups in total. The number of amidine groups is 1. The average Bonchev–Trinajstić information content (AvgIpc) is 2.50. The van der Waals surface area contributed by atoms with Crippen molar-refractivity contribution >= 4 is 11.5 Å². The lowest BCUT2D eigenvalue weighted by atomic mass is 10.1. The highest BCUT2D eigenvalue weighted by atomic mass is 15.1. The molecule has 0 aliphatic heterocycles. The molecule has 0 bridgehead atoms. The van der Waals surface area contributed by atoms with Crippen molar-refractivity contribution in [2.45, 2.75) is 58.3 Å². The fourth-order valence-electron chi connectivity index (χ4n) is 2.52. The minimum atomic E-state index is 0.274. The third-order valence-electron chi connectivity index (χ3n) is 3.80. The van der Waals surface area contributed by atoms with Gasteiger partial charge in [0.05, 0.1) is 5.84 Å². The van der Waals surface area contributed by atoms with Gasteiger partial charge in [0.15, 0.2) is 0 Å². The van der Waals surface area contributed by atoms with Crippen molar-refractivity contribution in [3.8, 4) is 0 Å². The Labute approximate surface area is 130 Å². The van der Waals surface area contributed by atoms with Gasteiger partial charge >= 0.3 is 0 Å². The number of unbranched alkanes of at least 4 members (excludes halogenated alkanes) is 6. The first kappa shape index (κ1) is 17.5. The Bertz CT molecular complexity index is 375. The molecular weight excluding hydrogens is 258 g/mol. The summed E-state index contributed by atoms with van der Waals surface area (Å²) in [5, 5.41) is 7.41. The molecule has 0 aliphatic rings. The van der Waals surface area contributed by atoms with Crippen LogP contribution in [0.4, 0.5) is 5.69 Å². The van der Waals surface area contributed by atoms with E-state index in [1.54, 1.807) is 0 Å². The van der Waals surface area contributed by atoms with Gasteiger partial charge in [-0.2, -0.15) is 0 Å². The van der Waals surface area contributed by atoms with E-state index in [1.165, 1.54) is 50.6 Å². The molecule has 0 heterocycles. The maximum atomic E-state index is 7.41. The van der Waals surface area contributed by atoms with E-state index in [1.807, 2.05) is 6.07 Å². The topological polar surface area (TPSA) is 53.1 Å². The molecule has 0 saturated carbocycles. The van der Waals surface area contributed by atoms with Gasteiger partial charge in [-0.3, -0.25) is 5.41 Å². The molecule has 0 unspecified atom stereocenters. The van der Waals surface area contributed by atoms with Crippen LogP contribution in [0.15, 0.2) is 30.3 Å². The Morgan fingerprint density at radius 3 is 2.19 bits per heavy atom. The zero-order valence-corrected chi connectivity index (χ0v) is 13.5. The number of hydrogen-bond donors (Lipinski definition) is 2. The number of rotatable bonds is 12. The van der Waals surface area contributed by atoms with E-state index in [0.29, 0.717) is 6.42 Å². The van der Waals surface area contributed by atoms with Crippen molar-refractivity contribution in [1.29, 1.82) is 5.41 Å². The first-order valence-electron chi connectivity index (χ1n) is 8.37. The molecular formula is C18H31N3. The Hall–Kier alpha value is -1.51. The molecule has 0 amide bonds. The zero-order valence-electron chi connectivity index (χ0n) is 13.5. The van der Waals surface area contributed by atoms with Crippen molar-refractivity contribution in [3.63, 3.8) is 0 Å². The third kappa shape index (κ3) is 8.38. The van der Waals surface area contributed by atoms with Gasteiger partial charge in [-0.1, -0.05) is 63.6 Å². The molecule has 118 valence electrons. The van der Waals surface area contributed by atoms with Gasteiger partial charge in [0.1, 0.15) is 0 Å². The van der Waals surface area contributed by atoms with Crippen molar-refractivity contribution in [2.75, 3.05) is 18.0 Å². The van der Waals surface area contributed by atoms with Gasteiger partial charge < -0.3 is 10.6 Å². The Balaban J connectivity index is 2.31. The monoisotopic (exact) mass is 289 g/mol. The number of para-hydroxylation sites is 1. The van der Waals surface area contributed by atoms with Gasteiger partial charge in [0, 0.05) is 25.2 Å². The summed E-state index contributed by atoms with van der Waals surface area (Å²) in [5.41, 5.74) is 6.74. The van der Waals surface area contributed by atoms with E-state index in [2.05, 4.69) is 36.1 Å². The molecule has 0 spiro atoms. The highest BCUT2D eigenvalue weighted by Crippen LogP contribution is 2.15. The van der Waals surface area contributed by atoms with Gasteiger partial charge in [-0.25, -0.2) is 0 Å². The molecule has 1 aromatic carbocycles. The maximum Gasteiger partial charge on any atom is 0.0923 e. The Kier molecular flexibility index (Phi) is 9.34. The summed E-state index contributed by atoms with van der Waals surface area (Å²) in [5.74, 6) is 0.274. The highest BCUT2D eigenvalue weighted by Gasteiger charge is 2.06. The van der Waals surface area contributed by atoms with Crippen LogP contribution in [0.1, 0.15) is 58.3 Å². The summed E-state index contributed by atoms with van der Waals surface area (Å²) in [7, 11) is 0. The summed E-state index contributed by atoms with van der Waals surface area (Å²) >= 11 is 0. The second kappa shape index (κ2) is 11.2. The molecule has 21 heavy (non-hydrogen) atoms. The van der Waals surface area contributed by atoms with Crippen molar-refractivity contribution < 1.29 is 0 Å². The summed E-state index contributed by atoms with van der Waals surface area (Å²) in [6.07, 6.45) is 9.93. The van der Waals surface area contributed by atoms with Crippen molar-refractivity contribution in [1.82, 2.24) is 0 Å². The molecule has 3 nitrogen and oxygen atoms in total. The minimum Gasteiger partial charge on any atom is -0.388 e. The van der Waals surface area contributed by atoms with Crippen LogP contribution in [0.3, 0.4) is 0 Å². The van der Waals surface area contributed by atoms with Crippen LogP contribution in [0.5, 0.6) is 0 Å². The largest absolute Gasteiger partial charge is 0.388 e. The van der Waals surface area contributed by atoms with Crippen molar-refractivity contribution in [3.05, 3.63) is 30.3 Å². The lowest BCUT2D eigenvalue weighted by Crippen LogP contribution is -2.28. The maximum absolute atomic E-state index is 7.41. The SMILES string of the molecule is CCCCCCCCCN(CCC(=N)N)c1ccccc1. The molecule has 1 aromatic rings. The lowest BCUT2D eigenvalue weighted by Gasteiger charge is -2.24. The molecule has 0 fully saturated rings. The quantitative estimate of drug-likeness (QED) is 0.336. The average molecular weight is 289 g/mol. The number of nitrogens with two attached hydrogens (primary N) is 1. The van der Waals surface area contributed by atoms with Crippen LogP contribution in [-0.2, 0) is 0 Å². The van der Waals surface area contributed by atoms with Gasteiger partial charge in [0.25, 0.3) is 0 Å². The van der Waals surface area contributed by atoms with Gasteiger partial charge in [-0.05, 0) is 18.6 Å². The smallest absolute Gasteiger partial charge is 0.0923 e. The van der Waals surface area contributed by atoms with E-state index in [-0.39, 0.29) is 5.84 Å². The summed E-state index contributed by atoms with van der Waals surface area (Å²) in [6.45, 7) is 4.16. The number of anilines is 1. The second-order valence-corrected chi connectivity index (χ2v) is 5.72. The third-order valence-corrected chi connectivity index (χ3v) is 3.80. The van der Waals surface area contributed by atoms with E-state index in [0.717, 1.165) is 13.1 Å². The van der Waals surface area contributed by atoms with Crippen LogP contribution in [0.2, 0.25) is 0 Å². The second-order valence-electron chi connectivity index (χ2n) is 5.72. The molecule has 0 aromatic heterocycles. The Morgan fingerprint density at radius 2 is 1.57 bits per heavy atom. The fraction of sp³-hybridized carbons (Fsp3) is 0.611. The van der Waals surface area contributed by atoms with Crippen LogP contribution < -0.4 is 10.6 Å². The van der Waals surface area contributed by atoms with Crippen LogP contribution in [0.25, 0.3) is 0 Å². The van der Waals surface area contributed by atoms with E-state index >= 15 is 0 Å². The zero-order chi connectivity index (χ0) is 15.3. The number of nitrogens with zero attached hydrogens (tertiary/aromatic N) is 1. The van der Waals surface area contributed by atoms with Crippen LogP contribution in [0, 0.1) is 5.41 Å². The predicted octanol–water partition coefficient (Wildman–Crippen LogP) is 4.57. The van der Waals surface area contributed by atoms with E-state index < -0.39 is 0 Å². The van der Waals surface area contributed by atoms with Crippen molar-refractivity contribution in [2.24, 2.45) is 5.73 Å². The standard InChI is InChI=1S/C18H31N3/c1-2-3-4-5-6-7-11-15-21(16-14-18(19)20)17-12-9-8-10-13-17/h8-10,12-13H,2-7,11,14-16H2,1H3,(H3,19,20).